The molecule has 0 amide bonds. The molecule has 0 aliphatic carbocycles. The number of aromatic nitrogens is 3. The number of nitrogens with zero attached hydrogens (tertiary/aromatic N) is 4. The van der Waals surface area contributed by atoms with Gasteiger partial charge in [-0.25, -0.2) is 4.99 Å². The number of rotatable bonds is 10. The van der Waals surface area contributed by atoms with Crippen LogP contribution in [-0.2, 0) is 13.6 Å². The highest BCUT2D eigenvalue weighted by atomic mass is 32.2. The summed E-state index contributed by atoms with van der Waals surface area (Å²) in [5.41, 5.74) is 0.866. The van der Waals surface area contributed by atoms with E-state index < -0.39 is 0 Å². The molecule has 8 nitrogen and oxygen atoms in total. The number of aliphatic imine (C=N–C) groups is 1. The number of guanidine groups is 1. The molecule has 0 fully saturated rings. The van der Waals surface area contributed by atoms with Crippen LogP contribution in [0, 0.1) is 6.92 Å². The predicted molar refractivity (Wildman–Crippen MR) is 116 cm³/mol. The molecule has 2 rings (SSSR count). The maximum atomic E-state index is 5.58. The van der Waals surface area contributed by atoms with Crippen molar-refractivity contribution in [1.82, 2.24) is 20.1 Å². The van der Waals surface area contributed by atoms with E-state index >= 15 is 0 Å². The van der Waals surface area contributed by atoms with Gasteiger partial charge < -0.3 is 24.7 Å². The van der Waals surface area contributed by atoms with Crippen molar-refractivity contribution in [2.75, 3.05) is 37.6 Å². The summed E-state index contributed by atoms with van der Waals surface area (Å²) in [4.78, 5) is 4.67. The zero-order valence-electron chi connectivity index (χ0n) is 17.3. The predicted octanol–water partition coefficient (Wildman–Crippen LogP) is 2.84. The van der Waals surface area contributed by atoms with Crippen LogP contribution in [0.5, 0.6) is 11.5 Å². The fourth-order valence-corrected chi connectivity index (χ4v) is 2.89. The lowest BCUT2D eigenvalue weighted by Crippen LogP contribution is -2.32. The van der Waals surface area contributed by atoms with Crippen LogP contribution in [0.3, 0.4) is 0 Å². The van der Waals surface area contributed by atoms with E-state index in [4.69, 9.17) is 9.47 Å². The van der Waals surface area contributed by atoms with E-state index in [1.54, 1.807) is 7.11 Å². The van der Waals surface area contributed by atoms with Gasteiger partial charge in [-0.15, -0.1) is 10.2 Å². The lowest BCUT2D eigenvalue weighted by atomic mass is 10.2. The number of aryl methyl sites for hydroxylation is 1. The molecule has 0 bridgehead atoms. The molecule has 0 aliphatic heterocycles. The summed E-state index contributed by atoms with van der Waals surface area (Å²) in [6.45, 7) is 5.72. The first-order valence-electron chi connectivity index (χ1n) is 9.29. The Kier molecular flexibility index (Phi) is 8.93. The molecule has 1 aromatic heterocycles. The largest absolute Gasteiger partial charge is 0.493 e. The molecule has 28 heavy (non-hydrogen) atoms. The number of thioether (sulfide) groups is 1. The van der Waals surface area contributed by atoms with Gasteiger partial charge in [0.15, 0.2) is 23.3 Å². The molecule has 0 saturated heterocycles. The Balaban J connectivity index is 2.14. The normalized spacial score (nSPS) is 11.4. The average molecular weight is 407 g/mol. The van der Waals surface area contributed by atoms with Crippen LogP contribution in [0.15, 0.2) is 23.2 Å². The SMILES string of the molecule is CCOc1ccc(NC(=NCc2nnc(C)n2C)NCCCSC)cc1OC. The summed E-state index contributed by atoms with van der Waals surface area (Å²) in [6, 6.07) is 5.73. The topological polar surface area (TPSA) is 85.6 Å². The quantitative estimate of drug-likeness (QED) is 0.356. The number of anilines is 1. The Morgan fingerprint density at radius 1 is 1.29 bits per heavy atom. The fraction of sp³-hybridized carbons (Fsp3) is 0.526. The summed E-state index contributed by atoms with van der Waals surface area (Å²) in [7, 11) is 3.57. The minimum Gasteiger partial charge on any atom is -0.493 e. The second-order valence-corrected chi connectivity index (χ2v) is 7.07. The van der Waals surface area contributed by atoms with E-state index in [2.05, 4.69) is 32.1 Å². The van der Waals surface area contributed by atoms with Crippen molar-refractivity contribution in [1.29, 1.82) is 0 Å². The van der Waals surface area contributed by atoms with Crippen molar-refractivity contribution in [3.8, 4) is 11.5 Å². The standard InChI is InChI=1S/C19H30N6O2S/c1-6-27-16-9-8-15(12-17(16)26-4)22-19(20-10-7-11-28-5)21-13-18-24-23-14(2)25(18)3/h8-9,12H,6-7,10-11,13H2,1-5H3,(H2,20,21,22). The second-order valence-electron chi connectivity index (χ2n) is 6.08. The molecule has 0 spiro atoms. The molecular formula is C19H30N6O2S. The molecular weight excluding hydrogens is 376 g/mol. The van der Waals surface area contributed by atoms with Gasteiger partial charge in [0.2, 0.25) is 0 Å². The van der Waals surface area contributed by atoms with Gasteiger partial charge in [0.1, 0.15) is 12.4 Å². The van der Waals surface area contributed by atoms with Crippen molar-refractivity contribution in [2.45, 2.75) is 26.8 Å². The van der Waals surface area contributed by atoms with Gasteiger partial charge in [-0.2, -0.15) is 11.8 Å². The van der Waals surface area contributed by atoms with E-state index in [0.29, 0.717) is 24.9 Å². The third-order valence-electron chi connectivity index (χ3n) is 4.11. The average Bonchev–Trinajstić information content (AvgIpc) is 3.02. The van der Waals surface area contributed by atoms with Crippen LogP contribution in [0.2, 0.25) is 0 Å². The molecule has 1 heterocycles. The van der Waals surface area contributed by atoms with Gasteiger partial charge in [-0.05, 0) is 44.4 Å². The number of ether oxygens (including phenoxy) is 2. The molecule has 1 aromatic carbocycles. The number of hydrogen-bond acceptors (Lipinski definition) is 6. The van der Waals surface area contributed by atoms with E-state index in [0.717, 1.165) is 41.8 Å². The number of hydrogen-bond donors (Lipinski definition) is 2. The van der Waals surface area contributed by atoms with Crippen LogP contribution < -0.4 is 20.1 Å². The van der Waals surface area contributed by atoms with Crippen LogP contribution in [0.1, 0.15) is 25.0 Å². The zero-order chi connectivity index (χ0) is 20.4. The van der Waals surface area contributed by atoms with Crippen molar-refractivity contribution in [2.24, 2.45) is 12.0 Å². The van der Waals surface area contributed by atoms with Gasteiger partial charge in [-0.1, -0.05) is 0 Å². The van der Waals surface area contributed by atoms with Crippen molar-refractivity contribution < 1.29 is 9.47 Å². The summed E-state index contributed by atoms with van der Waals surface area (Å²) in [5.74, 6) is 4.86. The molecule has 2 aromatic rings. The highest BCUT2D eigenvalue weighted by molar-refractivity contribution is 7.98. The van der Waals surface area contributed by atoms with Crippen molar-refractivity contribution in [3.05, 3.63) is 29.8 Å². The summed E-state index contributed by atoms with van der Waals surface area (Å²) >= 11 is 1.83. The molecule has 0 aliphatic rings. The molecule has 0 radical (unpaired) electrons. The minimum absolute atomic E-state index is 0.434. The van der Waals surface area contributed by atoms with E-state index in [9.17, 15) is 0 Å². The summed E-state index contributed by atoms with van der Waals surface area (Å²) in [5, 5.41) is 15.0. The van der Waals surface area contributed by atoms with E-state index in [1.165, 1.54) is 0 Å². The number of benzene rings is 1. The van der Waals surface area contributed by atoms with Crippen molar-refractivity contribution in [3.63, 3.8) is 0 Å². The summed E-state index contributed by atoms with van der Waals surface area (Å²) < 4.78 is 13.0. The number of nitrogens with one attached hydrogen (secondary N) is 2. The van der Waals surface area contributed by atoms with Crippen LogP contribution >= 0.6 is 11.8 Å². The Hall–Kier alpha value is -2.42. The van der Waals surface area contributed by atoms with E-state index in [-0.39, 0.29) is 0 Å². The smallest absolute Gasteiger partial charge is 0.196 e. The first kappa shape index (κ1) is 21.9. The molecule has 9 heteroatoms. The lowest BCUT2D eigenvalue weighted by Gasteiger charge is -2.15. The number of methoxy groups -OCH3 is 1. The third-order valence-corrected chi connectivity index (χ3v) is 4.80. The first-order chi connectivity index (χ1) is 13.6. The Morgan fingerprint density at radius 2 is 2.11 bits per heavy atom. The highest BCUT2D eigenvalue weighted by Crippen LogP contribution is 2.30. The van der Waals surface area contributed by atoms with Gasteiger partial charge in [0.05, 0.1) is 13.7 Å². The van der Waals surface area contributed by atoms with Gasteiger partial charge in [0.25, 0.3) is 0 Å². The maximum absolute atomic E-state index is 5.58. The van der Waals surface area contributed by atoms with Crippen LogP contribution in [-0.4, -0.2) is 53.0 Å². The summed E-state index contributed by atoms with van der Waals surface area (Å²) in [6.07, 6.45) is 3.16. The van der Waals surface area contributed by atoms with Gasteiger partial charge in [0, 0.05) is 25.3 Å². The molecule has 0 unspecified atom stereocenters. The minimum atomic E-state index is 0.434. The Labute approximate surface area is 171 Å². The van der Waals surface area contributed by atoms with E-state index in [1.807, 2.05) is 55.4 Å². The van der Waals surface area contributed by atoms with Gasteiger partial charge >= 0.3 is 0 Å². The fourth-order valence-electron chi connectivity index (χ4n) is 2.46. The Morgan fingerprint density at radius 3 is 2.75 bits per heavy atom. The van der Waals surface area contributed by atoms with Crippen LogP contribution in [0.4, 0.5) is 5.69 Å². The molecule has 2 N–H and O–H groups in total. The third kappa shape index (κ3) is 6.33. The second kappa shape index (κ2) is 11.4. The molecule has 154 valence electrons. The van der Waals surface area contributed by atoms with Crippen molar-refractivity contribution >= 4 is 23.4 Å². The maximum Gasteiger partial charge on any atom is 0.196 e. The molecule has 0 saturated carbocycles. The van der Waals surface area contributed by atoms with Crippen LogP contribution in [0.25, 0.3) is 0 Å². The Bertz CT molecular complexity index is 778. The zero-order valence-corrected chi connectivity index (χ0v) is 18.1. The lowest BCUT2D eigenvalue weighted by molar-refractivity contribution is 0.311. The van der Waals surface area contributed by atoms with Gasteiger partial charge in [-0.3, -0.25) is 0 Å². The highest BCUT2D eigenvalue weighted by Gasteiger charge is 2.08. The monoisotopic (exact) mass is 406 g/mol. The molecule has 0 atom stereocenters. The first-order valence-corrected chi connectivity index (χ1v) is 10.7.